The Morgan fingerprint density at radius 1 is 1.32 bits per heavy atom. The van der Waals surface area contributed by atoms with Crippen molar-refractivity contribution in [2.24, 2.45) is 11.8 Å². The van der Waals surface area contributed by atoms with E-state index in [1.807, 2.05) is 0 Å². The van der Waals surface area contributed by atoms with Crippen molar-refractivity contribution >= 4 is 8.32 Å². The van der Waals surface area contributed by atoms with E-state index < -0.39 is 8.32 Å². The lowest BCUT2D eigenvalue weighted by Crippen LogP contribution is -2.26. The molecular weight excluding hydrogens is 256 g/mol. The minimum Gasteiger partial charge on any atom is -0.548 e. The van der Waals surface area contributed by atoms with Crippen LogP contribution in [0.25, 0.3) is 0 Å². The van der Waals surface area contributed by atoms with Crippen LogP contribution < -0.4 is 0 Å². The van der Waals surface area contributed by atoms with Crippen LogP contribution in [0.3, 0.4) is 0 Å². The lowest BCUT2D eigenvalue weighted by atomic mass is 9.91. The fourth-order valence-corrected chi connectivity index (χ4v) is 3.84. The summed E-state index contributed by atoms with van der Waals surface area (Å²) in [4.78, 5) is 0. The van der Waals surface area contributed by atoms with Crippen molar-refractivity contribution < 1.29 is 13.9 Å². The van der Waals surface area contributed by atoms with Crippen molar-refractivity contribution in [2.45, 2.75) is 58.5 Å². The second kappa shape index (κ2) is 5.58. The maximum Gasteiger partial charge on any atom is 0.241 e. The molecule has 4 heteroatoms. The molecule has 3 nitrogen and oxygen atoms in total. The molecule has 2 atom stereocenters. The first-order valence-corrected chi connectivity index (χ1v) is 10.9. The van der Waals surface area contributed by atoms with Crippen LogP contribution in [0, 0.1) is 11.8 Å². The third-order valence-electron chi connectivity index (χ3n) is 3.92. The zero-order chi connectivity index (χ0) is 14.1. The fourth-order valence-electron chi connectivity index (χ4n) is 2.91. The van der Waals surface area contributed by atoms with Gasteiger partial charge in [-0.05, 0) is 50.9 Å². The number of rotatable bonds is 5. The van der Waals surface area contributed by atoms with Crippen molar-refractivity contribution in [3.8, 4) is 0 Å². The molecule has 1 saturated heterocycles. The molecule has 0 saturated carbocycles. The molecule has 1 fully saturated rings. The van der Waals surface area contributed by atoms with Gasteiger partial charge in [0.1, 0.15) is 0 Å². The quantitative estimate of drug-likeness (QED) is 0.716. The third kappa shape index (κ3) is 4.33. The van der Waals surface area contributed by atoms with Gasteiger partial charge in [-0.15, -0.1) is 0 Å². The monoisotopic (exact) mass is 284 g/mol. The smallest absolute Gasteiger partial charge is 0.241 e. The summed E-state index contributed by atoms with van der Waals surface area (Å²) in [5.74, 6) is 2.15. The molecule has 0 aromatic rings. The highest BCUT2D eigenvalue weighted by Gasteiger charge is 2.34. The van der Waals surface area contributed by atoms with Gasteiger partial charge in [-0.3, -0.25) is 0 Å². The van der Waals surface area contributed by atoms with Gasteiger partial charge in [-0.25, -0.2) is 0 Å². The van der Waals surface area contributed by atoms with E-state index in [1.165, 1.54) is 5.76 Å². The first-order chi connectivity index (χ1) is 8.77. The van der Waals surface area contributed by atoms with E-state index in [4.69, 9.17) is 13.9 Å². The summed E-state index contributed by atoms with van der Waals surface area (Å²) in [6.07, 6.45) is 5.53. The van der Waals surface area contributed by atoms with E-state index in [-0.39, 0.29) is 5.79 Å². The predicted octanol–water partition coefficient (Wildman–Crippen LogP) is 3.92. The Labute approximate surface area is 118 Å². The van der Waals surface area contributed by atoms with Crippen molar-refractivity contribution in [1.82, 2.24) is 0 Å². The van der Waals surface area contributed by atoms with Gasteiger partial charge >= 0.3 is 0 Å². The zero-order valence-corrected chi connectivity index (χ0v) is 14.0. The molecule has 0 aromatic carbocycles. The molecule has 0 radical (unpaired) electrons. The molecule has 0 amide bonds. The molecule has 1 aliphatic carbocycles. The van der Waals surface area contributed by atoms with Crippen LogP contribution in [0.4, 0.5) is 0 Å². The van der Waals surface area contributed by atoms with Crippen LogP contribution in [0.2, 0.25) is 19.6 Å². The molecular formula is C15H28O3Si. The SMILES string of the molecule is C[C@H]1CC(O[Si](C)(C)C)=C[C@H]1CCC1(C)OCCO1. The minimum absolute atomic E-state index is 0.351. The fraction of sp³-hybridized carbons (Fsp3) is 0.867. The highest BCUT2D eigenvalue weighted by Crippen LogP contribution is 2.37. The van der Waals surface area contributed by atoms with E-state index in [9.17, 15) is 0 Å². The Balaban J connectivity index is 1.86. The summed E-state index contributed by atoms with van der Waals surface area (Å²) in [6, 6.07) is 0. The summed E-state index contributed by atoms with van der Waals surface area (Å²) < 4.78 is 17.5. The van der Waals surface area contributed by atoms with Crippen molar-refractivity contribution in [3.05, 3.63) is 11.8 Å². The summed E-state index contributed by atoms with van der Waals surface area (Å²) >= 11 is 0. The van der Waals surface area contributed by atoms with Gasteiger partial charge in [0.2, 0.25) is 8.32 Å². The molecule has 2 rings (SSSR count). The Hall–Kier alpha value is -0.323. The lowest BCUT2D eigenvalue weighted by Gasteiger charge is -2.24. The number of hydrogen-bond acceptors (Lipinski definition) is 3. The summed E-state index contributed by atoms with van der Waals surface area (Å²) in [5.41, 5.74) is 0. The lowest BCUT2D eigenvalue weighted by molar-refractivity contribution is -0.149. The summed E-state index contributed by atoms with van der Waals surface area (Å²) in [7, 11) is -1.46. The molecule has 0 unspecified atom stereocenters. The Bertz CT molecular complexity index is 340. The van der Waals surface area contributed by atoms with Gasteiger partial charge in [0.25, 0.3) is 0 Å². The molecule has 19 heavy (non-hydrogen) atoms. The van der Waals surface area contributed by atoms with Gasteiger partial charge in [-0.2, -0.15) is 0 Å². The van der Waals surface area contributed by atoms with Crippen LogP contribution in [0.5, 0.6) is 0 Å². The minimum atomic E-state index is -1.46. The highest BCUT2D eigenvalue weighted by atomic mass is 28.4. The van der Waals surface area contributed by atoms with Crippen LogP contribution in [0.15, 0.2) is 11.8 Å². The van der Waals surface area contributed by atoms with Crippen LogP contribution >= 0.6 is 0 Å². The first-order valence-electron chi connectivity index (χ1n) is 7.45. The maximum absolute atomic E-state index is 6.13. The third-order valence-corrected chi connectivity index (χ3v) is 4.80. The largest absolute Gasteiger partial charge is 0.548 e. The highest BCUT2D eigenvalue weighted by molar-refractivity contribution is 6.70. The van der Waals surface area contributed by atoms with Gasteiger partial charge in [0.05, 0.1) is 19.0 Å². The van der Waals surface area contributed by atoms with Gasteiger partial charge in [0.15, 0.2) is 5.79 Å². The molecule has 0 N–H and O–H groups in total. The van der Waals surface area contributed by atoms with E-state index >= 15 is 0 Å². The van der Waals surface area contributed by atoms with Gasteiger partial charge in [0, 0.05) is 12.8 Å². The number of hydrogen-bond donors (Lipinski definition) is 0. The van der Waals surface area contributed by atoms with Crippen LogP contribution in [-0.2, 0) is 13.9 Å². The molecule has 0 aromatic heterocycles. The topological polar surface area (TPSA) is 27.7 Å². The molecule has 1 aliphatic heterocycles. The van der Waals surface area contributed by atoms with Crippen molar-refractivity contribution in [2.75, 3.05) is 13.2 Å². The average Bonchev–Trinajstić information content (AvgIpc) is 2.81. The van der Waals surface area contributed by atoms with Crippen molar-refractivity contribution in [3.63, 3.8) is 0 Å². The van der Waals surface area contributed by atoms with Gasteiger partial charge in [-0.1, -0.05) is 6.92 Å². The second-order valence-corrected chi connectivity index (χ2v) is 11.5. The Morgan fingerprint density at radius 2 is 1.95 bits per heavy atom. The molecule has 0 bridgehead atoms. The standard InChI is InChI=1S/C15H28O3Si/c1-12-10-14(18-19(3,4)5)11-13(12)6-7-15(2)16-8-9-17-15/h11-13H,6-10H2,1-5H3/t12-,13+/m0/s1. The zero-order valence-electron chi connectivity index (χ0n) is 13.0. The van der Waals surface area contributed by atoms with E-state index in [1.54, 1.807) is 0 Å². The van der Waals surface area contributed by atoms with Crippen LogP contribution in [-0.4, -0.2) is 27.3 Å². The molecule has 0 spiro atoms. The Kier molecular flexibility index (Phi) is 4.43. The summed E-state index contributed by atoms with van der Waals surface area (Å²) in [6.45, 7) is 12.6. The Morgan fingerprint density at radius 3 is 2.53 bits per heavy atom. The second-order valence-electron chi connectivity index (χ2n) is 7.06. The van der Waals surface area contributed by atoms with Gasteiger partial charge < -0.3 is 13.9 Å². The van der Waals surface area contributed by atoms with E-state index in [0.29, 0.717) is 11.8 Å². The number of ether oxygens (including phenoxy) is 2. The normalized spacial score (nSPS) is 30.5. The molecule has 2 aliphatic rings. The maximum atomic E-state index is 6.13. The number of allylic oxidation sites excluding steroid dienone is 2. The predicted molar refractivity (Wildman–Crippen MR) is 79.3 cm³/mol. The van der Waals surface area contributed by atoms with Crippen molar-refractivity contribution in [1.29, 1.82) is 0 Å². The molecule has 110 valence electrons. The van der Waals surface area contributed by atoms with E-state index in [2.05, 4.69) is 39.6 Å². The summed E-state index contributed by atoms with van der Waals surface area (Å²) in [5, 5.41) is 0. The average molecular weight is 284 g/mol. The van der Waals surface area contributed by atoms with E-state index in [0.717, 1.165) is 32.5 Å². The van der Waals surface area contributed by atoms with Crippen LogP contribution in [0.1, 0.15) is 33.1 Å². The first kappa shape index (κ1) is 15.1. The molecule has 1 heterocycles.